The van der Waals surface area contributed by atoms with E-state index in [4.69, 9.17) is 9.47 Å². The standard InChI is InChI=1S/C17H26N2O4/c1-12(13-5-7-14(22-3)8-6-13)18-16(21)19-10-15(23-4)9-17(19,2)11-20/h5-8,12,15,20H,9-11H2,1-4H3,(H,18,21). The second kappa shape index (κ2) is 7.19. The molecule has 1 fully saturated rings. The molecular weight excluding hydrogens is 296 g/mol. The largest absolute Gasteiger partial charge is 0.497 e. The van der Waals surface area contributed by atoms with Crippen molar-refractivity contribution in [1.82, 2.24) is 10.2 Å². The number of aliphatic hydroxyl groups is 1. The number of hydrogen-bond acceptors (Lipinski definition) is 4. The molecule has 6 nitrogen and oxygen atoms in total. The molecule has 0 spiro atoms. The molecule has 128 valence electrons. The number of methoxy groups -OCH3 is 2. The summed E-state index contributed by atoms with van der Waals surface area (Å²) in [7, 11) is 3.25. The third-order valence-electron chi connectivity index (χ3n) is 4.58. The molecule has 0 radical (unpaired) electrons. The molecule has 0 saturated carbocycles. The lowest BCUT2D eigenvalue weighted by Crippen LogP contribution is -2.52. The maximum absolute atomic E-state index is 12.6. The quantitative estimate of drug-likeness (QED) is 0.869. The van der Waals surface area contributed by atoms with Gasteiger partial charge < -0.3 is 24.8 Å². The first kappa shape index (κ1) is 17.6. The molecule has 2 amide bonds. The summed E-state index contributed by atoms with van der Waals surface area (Å²) in [5, 5.41) is 12.7. The average Bonchev–Trinajstić information content (AvgIpc) is 2.92. The van der Waals surface area contributed by atoms with Gasteiger partial charge in [-0.2, -0.15) is 0 Å². The molecule has 1 heterocycles. The van der Waals surface area contributed by atoms with Crippen LogP contribution in [0.25, 0.3) is 0 Å². The van der Waals surface area contributed by atoms with Crippen LogP contribution in [0, 0.1) is 0 Å². The normalized spacial score (nSPS) is 25.3. The summed E-state index contributed by atoms with van der Waals surface area (Å²) in [5.74, 6) is 0.780. The zero-order valence-electron chi connectivity index (χ0n) is 14.2. The lowest BCUT2D eigenvalue weighted by atomic mass is 9.99. The van der Waals surface area contributed by atoms with Gasteiger partial charge in [-0.05, 0) is 31.5 Å². The van der Waals surface area contributed by atoms with Crippen molar-refractivity contribution in [2.24, 2.45) is 0 Å². The van der Waals surface area contributed by atoms with Crippen LogP contribution in [0.3, 0.4) is 0 Å². The van der Waals surface area contributed by atoms with Crippen LogP contribution in [-0.2, 0) is 4.74 Å². The van der Waals surface area contributed by atoms with E-state index in [1.165, 1.54) is 0 Å². The second-order valence-corrected chi connectivity index (χ2v) is 6.27. The molecule has 1 aromatic rings. The Morgan fingerprint density at radius 2 is 2.09 bits per heavy atom. The van der Waals surface area contributed by atoms with Gasteiger partial charge >= 0.3 is 6.03 Å². The average molecular weight is 322 g/mol. The van der Waals surface area contributed by atoms with E-state index in [2.05, 4.69) is 5.32 Å². The summed E-state index contributed by atoms with van der Waals surface area (Å²) < 4.78 is 10.5. The summed E-state index contributed by atoms with van der Waals surface area (Å²) in [6.45, 7) is 4.20. The Hall–Kier alpha value is -1.79. The van der Waals surface area contributed by atoms with Crippen molar-refractivity contribution < 1.29 is 19.4 Å². The highest BCUT2D eigenvalue weighted by Crippen LogP contribution is 2.30. The summed E-state index contributed by atoms with van der Waals surface area (Å²) in [6.07, 6.45) is 0.582. The Balaban J connectivity index is 2.04. The van der Waals surface area contributed by atoms with E-state index in [1.54, 1.807) is 19.1 Å². The number of carbonyl (C=O) groups excluding carboxylic acids is 1. The molecule has 2 N–H and O–H groups in total. The Labute approximate surface area is 137 Å². The van der Waals surface area contributed by atoms with Gasteiger partial charge in [0.15, 0.2) is 0 Å². The zero-order chi connectivity index (χ0) is 17.0. The van der Waals surface area contributed by atoms with Crippen molar-refractivity contribution in [2.45, 2.75) is 38.0 Å². The fourth-order valence-corrected chi connectivity index (χ4v) is 2.96. The number of hydrogen-bond donors (Lipinski definition) is 2. The van der Waals surface area contributed by atoms with E-state index in [9.17, 15) is 9.90 Å². The molecule has 0 bridgehead atoms. The number of aliphatic hydroxyl groups excluding tert-OH is 1. The highest BCUT2D eigenvalue weighted by atomic mass is 16.5. The van der Waals surface area contributed by atoms with E-state index in [0.29, 0.717) is 13.0 Å². The predicted molar refractivity (Wildman–Crippen MR) is 87.6 cm³/mol. The highest BCUT2D eigenvalue weighted by Gasteiger charge is 2.44. The summed E-state index contributed by atoms with van der Waals surface area (Å²) >= 11 is 0. The maximum Gasteiger partial charge on any atom is 0.318 e. The number of amides is 2. The van der Waals surface area contributed by atoms with E-state index >= 15 is 0 Å². The van der Waals surface area contributed by atoms with Gasteiger partial charge in [-0.1, -0.05) is 12.1 Å². The SMILES string of the molecule is COc1ccc(C(C)NC(=O)N2CC(OC)CC2(C)CO)cc1. The summed E-state index contributed by atoms with van der Waals surface area (Å²) in [5.41, 5.74) is 0.400. The number of carbonyl (C=O) groups is 1. The lowest BCUT2D eigenvalue weighted by molar-refractivity contribution is 0.0941. The molecule has 23 heavy (non-hydrogen) atoms. The molecule has 1 saturated heterocycles. The number of ether oxygens (including phenoxy) is 2. The van der Waals surface area contributed by atoms with E-state index in [0.717, 1.165) is 11.3 Å². The van der Waals surface area contributed by atoms with Gasteiger partial charge in [0.2, 0.25) is 0 Å². The molecule has 1 aliphatic heterocycles. The van der Waals surface area contributed by atoms with E-state index in [1.807, 2.05) is 38.1 Å². The number of nitrogens with one attached hydrogen (secondary N) is 1. The molecule has 1 aliphatic rings. The van der Waals surface area contributed by atoms with Crippen molar-refractivity contribution in [2.75, 3.05) is 27.4 Å². The molecule has 3 atom stereocenters. The van der Waals surface area contributed by atoms with Gasteiger partial charge in [-0.15, -0.1) is 0 Å². The molecule has 2 rings (SSSR count). The van der Waals surface area contributed by atoms with Gasteiger partial charge in [-0.25, -0.2) is 4.79 Å². The minimum absolute atomic E-state index is 0.0470. The van der Waals surface area contributed by atoms with Crippen molar-refractivity contribution >= 4 is 6.03 Å². The van der Waals surface area contributed by atoms with Crippen molar-refractivity contribution in [3.05, 3.63) is 29.8 Å². The number of nitrogens with zero attached hydrogens (tertiary/aromatic N) is 1. The molecule has 0 aromatic heterocycles. The number of likely N-dealkylation sites (tertiary alicyclic amines) is 1. The molecule has 0 aliphatic carbocycles. The van der Waals surface area contributed by atoms with Crippen molar-refractivity contribution in [3.63, 3.8) is 0 Å². The first-order valence-electron chi connectivity index (χ1n) is 7.79. The van der Waals surface area contributed by atoms with Gasteiger partial charge in [-0.3, -0.25) is 0 Å². The topological polar surface area (TPSA) is 71.0 Å². The fraction of sp³-hybridized carbons (Fsp3) is 0.588. The Morgan fingerprint density at radius 1 is 1.43 bits per heavy atom. The molecule has 1 aromatic carbocycles. The van der Waals surface area contributed by atoms with Crippen LogP contribution in [0.4, 0.5) is 4.79 Å². The number of benzene rings is 1. The minimum atomic E-state index is -0.593. The summed E-state index contributed by atoms with van der Waals surface area (Å²) in [6, 6.07) is 7.26. The van der Waals surface area contributed by atoms with Crippen LogP contribution in [0.15, 0.2) is 24.3 Å². The van der Waals surface area contributed by atoms with E-state index < -0.39 is 5.54 Å². The Morgan fingerprint density at radius 3 is 2.61 bits per heavy atom. The van der Waals surface area contributed by atoms with Crippen molar-refractivity contribution in [1.29, 1.82) is 0 Å². The highest BCUT2D eigenvalue weighted by molar-refractivity contribution is 5.76. The van der Waals surface area contributed by atoms with Crippen LogP contribution in [0.2, 0.25) is 0 Å². The minimum Gasteiger partial charge on any atom is -0.497 e. The maximum atomic E-state index is 12.6. The Bertz CT molecular complexity index is 534. The van der Waals surface area contributed by atoms with Crippen LogP contribution in [-0.4, -0.2) is 55.1 Å². The molecule has 6 heteroatoms. The van der Waals surface area contributed by atoms with Gasteiger partial charge in [0, 0.05) is 20.1 Å². The predicted octanol–water partition coefficient (Wildman–Crippen LogP) is 1.94. The number of urea groups is 1. The first-order chi connectivity index (χ1) is 10.9. The van der Waals surface area contributed by atoms with Crippen LogP contribution in [0.1, 0.15) is 31.9 Å². The fourth-order valence-electron chi connectivity index (χ4n) is 2.96. The van der Waals surface area contributed by atoms with Gasteiger partial charge in [0.05, 0.1) is 31.4 Å². The Kier molecular flexibility index (Phi) is 5.49. The first-order valence-corrected chi connectivity index (χ1v) is 7.79. The second-order valence-electron chi connectivity index (χ2n) is 6.27. The van der Waals surface area contributed by atoms with Gasteiger partial charge in [0.1, 0.15) is 5.75 Å². The third-order valence-corrected chi connectivity index (χ3v) is 4.58. The van der Waals surface area contributed by atoms with Gasteiger partial charge in [0.25, 0.3) is 0 Å². The van der Waals surface area contributed by atoms with Crippen LogP contribution < -0.4 is 10.1 Å². The van der Waals surface area contributed by atoms with E-state index in [-0.39, 0.29) is 24.8 Å². The van der Waals surface area contributed by atoms with Crippen LogP contribution >= 0.6 is 0 Å². The molecule has 3 unspecified atom stereocenters. The number of rotatable bonds is 5. The lowest BCUT2D eigenvalue weighted by Gasteiger charge is -2.34. The van der Waals surface area contributed by atoms with Crippen molar-refractivity contribution in [3.8, 4) is 5.75 Å². The smallest absolute Gasteiger partial charge is 0.318 e. The third kappa shape index (κ3) is 3.76. The monoisotopic (exact) mass is 322 g/mol. The van der Waals surface area contributed by atoms with Crippen LogP contribution in [0.5, 0.6) is 5.75 Å². The summed E-state index contributed by atoms with van der Waals surface area (Å²) in [4.78, 5) is 14.3. The molecular formula is C17H26N2O4. The zero-order valence-corrected chi connectivity index (χ0v) is 14.2.